The molecule has 1 aliphatic rings. The fourth-order valence-corrected chi connectivity index (χ4v) is 3.46. The molecule has 1 saturated heterocycles. The minimum absolute atomic E-state index is 0.101. The lowest BCUT2D eigenvalue weighted by Crippen LogP contribution is -2.37. The molecule has 2 aromatic rings. The van der Waals surface area contributed by atoms with Gasteiger partial charge in [-0.05, 0) is 42.2 Å². The highest BCUT2D eigenvalue weighted by atomic mass is 32.1. The van der Waals surface area contributed by atoms with E-state index in [2.05, 4.69) is 10.4 Å². The van der Waals surface area contributed by atoms with Gasteiger partial charge in [0.1, 0.15) is 0 Å². The van der Waals surface area contributed by atoms with E-state index in [0.29, 0.717) is 36.9 Å². The first kappa shape index (κ1) is 16.2. The van der Waals surface area contributed by atoms with E-state index < -0.39 is 0 Å². The first-order valence-corrected chi connectivity index (χ1v) is 9.00. The number of hydrogen-bond donors (Lipinski definition) is 0. The second kappa shape index (κ2) is 7.27. The van der Waals surface area contributed by atoms with Crippen LogP contribution in [0.2, 0.25) is 0 Å². The van der Waals surface area contributed by atoms with E-state index in [1.165, 1.54) is 0 Å². The molecule has 0 radical (unpaired) electrons. The van der Waals surface area contributed by atoms with Crippen LogP contribution in [0.1, 0.15) is 47.5 Å². The molecule has 0 N–H and O–H groups in total. The third-order valence-electron chi connectivity index (χ3n) is 4.03. The van der Waals surface area contributed by atoms with Crippen molar-refractivity contribution in [2.45, 2.75) is 45.8 Å². The van der Waals surface area contributed by atoms with Gasteiger partial charge in [-0.15, -0.1) is 0 Å². The van der Waals surface area contributed by atoms with E-state index in [1.54, 1.807) is 11.3 Å². The van der Waals surface area contributed by atoms with E-state index in [-0.39, 0.29) is 12.0 Å². The minimum Gasteiger partial charge on any atom is -0.435 e. The number of amides is 1. The molecule has 2 aromatic heterocycles. The van der Waals surface area contributed by atoms with Crippen LogP contribution in [0.3, 0.4) is 0 Å². The summed E-state index contributed by atoms with van der Waals surface area (Å²) in [5, 5.41) is 4.10. The van der Waals surface area contributed by atoms with E-state index in [1.807, 2.05) is 30.2 Å². The van der Waals surface area contributed by atoms with Crippen LogP contribution in [0, 0.1) is 6.92 Å². The molecule has 23 heavy (non-hydrogen) atoms. The van der Waals surface area contributed by atoms with Crippen LogP contribution >= 0.6 is 11.3 Å². The van der Waals surface area contributed by atoms with Crippen molar-refractivity contribution in [2.75, 3.05) is 13.2 Å². The maximum Gasteiger partial charge on any atom is 0.291 e. The van der Waals surface area contributed by atoms with Gasteiger partial charge < -0.3 is 14.1 Å². The zero-order valence-electron chi connectivity index (χ0n) is 13.6. The van der Waals surface area contributed by atoms with Crippen LogP contribution in [-0.2, 0) is 17.7 Å². The van der Waals surface area contributed by atoms with Gasteiger partial charge in [-0.25, -0.2) is 4.98 Å². The molecule has 1 amide bonds. The molecule has 1 atom stereocenters. The molecule has 1 aliphatic heterocycles. The molecule has 0 unspecified atom stereocenters. The Labute approximate surface area is 140 Å². The van der Waals surface area contributed by atoms with Crippen LogP contribution in [0.4, 0.5) is 0 Å². The van der Waals surface area contributed by atoms with Crippen molar-refractivity contribution in [3.8, 4) is 0 Å². The van der Waals surface area contributed by atoms with Gasteiger partial charge in [0.2, 0.25) is 5.76 Å². The summed E-state index contributed by atoms with van der Waals surface area (Å²) in [6.07, 6.45) is 2.87. The van der Waals surface area contributed by atoms with Gasteiger partial charge in [-0.1, -0.05) is 6.92 Å². The molecule has 124 valence electrons. The number of rotatable bonds is 6. The molecular formula is C17H22N2O3S. The molecule has 0 aliphatic carbocycles. The summed E-state index contributed by atoms with van der Waals surface area (Å²) in [5.41, 5.74) is 1.80. The highest BCUT2D eigenvalue weighted by Crippen LogP contribution is 2.20. The number of carbonyl (C=O) groups excluding carboxylic acids is 1. The lowest BCUT2D eigenvalue weighted by atomic mass is 10.2. The van der Waals surface area contributed by atoms with Crippen molar-refractivity contribution in [1.82, 2.24) is 9.88 Å². The number of nitrogens with zero attached hydrogens (tertiary/aromatic N) is 2. The zero-order valence-corrected chi connectivity index (χ0v) is 14.4. The van der Waals surface area contributed by atoms with Gasteiger partial charge >= 0.3 is 0 Å². The van der Waals surface area contributed by atoms with Crippen molar-refractivity contribution in [3.63, 3.8) is 0 Å². The molecule has 0 spiro atoms. The first-order chi connectivity index (χ1) is 11.2. The van der Waals surface area contributed by atoms with E-state index in [4.69, 9.17) is 9.15 Å². The molecule has 6 heteroatoms. The van der Waals surface area contributed by atoms with Crippen molar-refractivity contribution < 1.29 is 13.9 Å². The summed E-state index contributed by atoms with van der Waals surface area (Å²) in [4.78, 5) is 19.1. The first-order valence-electron chi connectivity index (χ1n) is 8.05. The molecular weight excluding hydrogens is 312 g/mol. The highest BCUT2D eigenvalue weighted by Gasteiger charge is 2.27. The SMILES string of the molecule is CCc1nc(C)c(C(=O)N(Cc2ccsc2)C[C@@H]2CCCO2)o1. The number of ether oxygens (including phenoxy) is 1. The van der Waals surface area contributed by atoms with Gasteiger partial charge in [0.15, 0.2) is 5.89 Å². The van der Waals surface area contributed by atoms with Gasteiger partial charge in [0.05, 0.1) is 11.8 Å². The Hall–Kier alpha value is -1.66. The third-order valence-corrected chi connectivity index (χ3v) is 4.76. The number of hydrogen-bond acceptors (Lipinski definition) is 5. The Balaban J connectivity index is 1.80. The second-order valence-electron chi connectivity index (χ2n) is 5.83. The van der Waals surface area contributed by atoms with Crippen molar-refractivity contribution >= 4 is 17.2 Å². The monoisotopic (exact) mass is 334 g/mol. The summed E-state index contributed by atoms with van der Waals surface area (Å²) in [5.74, 6) is 0.866. The van der Waals surface area contributed by atoms with Crippen molar-refractivity contribution in [2.24, 2.45) is 0 Å². The van der Waals surface area contributed by atoms with Crippen LogP contribution in [0.15, 0.2) is 21.2 Å². The Morgan fingerprint density at radius 1 is 1.52 bits per heavy atom. The van der Waals surface area contributed by atoms with Crippen molar-refractivity contribution in [1.29, 1.82) is 0 Å². The number of thiophene rings is 1. The zero-order chi connectivity index (χ0) is 16.2. The third kappa shape index (κ3) is 3.82. The molecule has 3 rings (SSSR count). The second-order valence-corrected chi connectivity index (χ2v) is 6.61. The smallest absolute Gasteiger partial charge is 0.291 e. The maximum absolute atomic E-state index is 12.9. The Bertz CT molecular complexity index is 645. The molecule has 0 bridgehead atoms. The van der Waals surface area contributed by atoms with Gasteiger partial charge in [0, 0.05) is 26.1 Å². The summed E-state index contributed by atoms with van der Waals surface area (Å²) in [6, 6.07) is 2.05. The molecule has 3 heterocycles. The minimum atomic E-state index is -0.101. The summed E-state index contributed by atoms with van der Waals surface area (Å²) < 4.78 is 11.4. The quantitative estimate of drug-likeness (QED) is 0.812. The molecule has 0 aromatic carbocycles. The van der Waals surface area contributed by atoms with Crippen LogP contribution < -0.4 is 0 Å². The Morgan fingerprint density at radius 2 is 2.39 bits per heavy atom. The number of carbonyl (C=O) groups is 1. The van der Waals surface area contributed by atoms with E-state index in [0.717, 1.165) is 25.0 Å². The normalized spacial score (nSPS) is 17.6. The van der Waals surface area contributed by atoms with Crippen molar-refractivity contribution in [3.05, 3.63) is 39.7 Å². The lowest BCUT2D eigenvalue weighted by molar-refractivity contribution is 0.0482. The average Bonchev–Trinajstić information content (AvgIpc) is 3.27. The van der Waals surface area contributed by atoms with Crippen LogP contribution in [-0.4, -0.2) is 35.0 Å². The van der Waals surface area contributed by atoms with Gasteiger partial charge in [0.25, 0.3) is 5.91 Å². The average molecular weight is 334 g/mol. The maximum atomic E-state index is 12.9. The lowest BCUT2D eigenvalue weighted by Gasteiger charge is -2.24. The largest absolute Gasteiger partial charge is 0.435 e. The summed E-state index contributed by atoms with van der Waals surface area (Å²) in [6.45, 7) is 5.74. The molecule has 1 fully saturated rings. The molecule has 5 nitrogen and oxygen atoms in total. The summed E-state index contributed by atoms with van der Waals surface area (Å²) >= 11 is 1.64. The van der Waals surface area contributed by atoms with E-state index >= 15 is 0 Å². The predicted octanol–water partition coefficient (Wildman–Crippen LogP) is 3.43. The topological polar surface area (TPSA) is 55.6 Å². The van der Waals surface area contributed by atoms with Crippen LogP contribution in [0.5, 0.6) is 0 Å². The van der Waals surface area contributed by atoms with Gasteiger partial charge in [-0.3, -0.25) is 4.79 Å². The summed E-state index contributed by atoms with van der Waals surface area (Å²) in [7, 11) is 0. The Morgan fingerprint density at radius 3 is 3.00 bits per heavy atom. The standard InChI is InChI=1S/C17H22N2O3S/c1-3-15-18-12(2)16(22-15)17(20)19(9-13-6-8-23-11-13)10-14-5-4-7-21-14/h6,8,11,14H,3-5,7,9-10H2,1-2H3/t14-/m0/s1. The fourth-order valence-electron chi connectivity index (χ4n) is 2.80. The highest BCUT2D eigenvalue weighted by molar-refractivity contribution is 7.07. The van der Waals surface area contributed by atoms with Gasteiger partial charge in [-0.2, -0.15) is 11.3 Å². The predicted molar refractivity (Wildman–Crippen MR) is 88.7 cm³/mol. The fraction of sp³-hybridized carbons (Fsp3) is 0.529. The Kier molecular flexibility index (Phi) is 5.13. The number of oxazole rings is 1. The molecule has 0 saturated carbocycles. The number of aromatic nitrogens is 1. The number of aryl methyl sites for hydroxylation is 2. The van der Waals surface area contributed by atoms with E-state index in [9.17, 15) is 4.79 Å². The van der Waals surface area contributed by atoms with Crippen LogP contribution in [0.25, 0.3) is 0 Å².